The monoisotopic (exact) mass is 432 g/mol. The van der Waals surface area contributed by atoms with Crippen molar-refractivity contribution in [1.82, 2.24) is 9.80 Å². The number of nitrogens with zero attached hydrogens (tertiary/aromatic N) is 2. The van der Waals surface area contributed by atoms with Gasteiger partial charge in [-0.15, -0.1) is 0 Å². The van der Waals surface area contributed by atoms with Crippen molar-refractivity contribution >= 4 is 27.7 Å². The zero-order valence-corrected chi connectivity index (χ0v) is 16.9. The summed E-state index contributed by atoms with van der Waals surface area (Å²) in [5.74, 6) is 0.782. The summed E-state index contributed by atoms with van der Waals surface area (Å²) in [6.45, 7) is 1.89. The van der Waals surface area contributed by atoms with Gasteiger partial charge in [0, 0.05) is 36.2 Å². The lowest BCUT2D eigenvalue weighted by Crippen LogP contribution is -2.50. The second-order valence-corrected chi connectivity index (χ2v) is 7.04. The van der Waals surface area contributed by atoms with Crippen LogP contribution in [-0.2, 0) is 0 Å². The number of benzene rings is 2. The highest BCUT2D eigenvalue weighted by molar-refractivity contribution is 9.10. The Labute approximate surface area is 166 Å². The molecule has 0 aliphatic carbocycles. The summed E-state index contributed by atoms with van der Waals surface area (Å²) in [6.07, 6.45) is 0. The molecule has 27 heavy (non-hydrogen) atoms. The first kappa shape index (κ1) is 19.2. The Kier molecular flexibility index (Phi) is 6.01. The Hall–Kier alpha value is -2.54. The molecule has 1 heterocycles. The lowest BCUT2D eigenvalue weighted by Gasteiger charge is -2.35. The molecule has 0 saturated carbocycles. The van der Waals surface area contributed by atoms with Gasteiger partial charge in [0.05, 0.1) is 14.2 Å². The average Bonchev–Trinajstić information content (AvgIpc) is 2.72. The topological polar surface area (TPSA) is 59.1 Å². The molecule has 1 aliphatic rings. The van der Waals surface area contributed by atoms with Crippen molar-refractivity contribution in [1.29, 1.82) is 0 Å². The van der Waals surface area contributed by atoms with Crippen LogP contribution in [0.5, 0.6) is 11.5 Å². The third kappa shape index (κ3) is 4.08. The lowest BCUT2D eigenvalue weighted by molar-refractivity contribution is 0.0531. The number of ether oxygens (including phenoxy) is 2. The van der Waals surface area contributed by atoms with Gasteiger partial charge < -0.3 is 19.3 Å². The highest BCUT2D eigenvalue weighted by Gasteiger charge is 2.28. The summed E-state index contributed by atoms with van der Waals surface area (Å²) < 4.78 is 11.6. The predicted molar refractivity (Wildman–Crippen MR) is 105 cm³/mol. The summed E-state index contributed by atoms with van der Waals surface area (Å²) in [4.78, 5) is 29.1. The van der Waals surface area contributed by atoms with Crippen molar-refractivity contribution in [3.05, 3.63) is 58.1 Å². The van der Waals surface area contributed by atoms with Crippen molar-refractivity contribution in [2.45, 2.75) is 0 Å². The van der Waals surface area contributed by atoms with Crippen LogP contribution < -0.4 is 9.47 Å². The molecule has 0 N–H and O–H groups in total. The summed E-state index contributed by atoms with van der Waals surface area (Å²) >= 11 is 3.37. The van der Waals surface area contributed by atoms with E-state index in [0.717, 1.165) is 4.47 Å². The Balaban J connectivity index is 1.70. The molecule has 1 aliphatic heterocycles. The van der Waals surface area contributed by atoms with Crippen LogP contribution in [0.25, 0.3) is 0 Å². The maximum Gasteiger partial charge on any atom is 0.261 e. The van der Waals surface area contributed by atoms with Crippen LogP contribution in [0.4, 0.5) is 0 Å². The second kappa shape index (κ2) is 8.43. The fraction of sp³-hybridized carbons (Fsp3) is 0.300. The molecule has 0 spiro atoms. The number of carbonyl (C=O) groups excluding carboxylic acids is 2. The smallest absolute Gasteiger partial charge is 0.261 e. The zero-order valence-electron chi connectivity index (χ0n) is 15.3. The van der Waals surface area contributed by atoms with Crippen LogP contribution in [0, 0.1) is 0 Å². The third-order valence-electron chi connectivity index (χ3n) is 4.59. The fourth-order valence-corrected chi connectivity index (χ4v) is 3.37. The van der Waals surface area contributed by atoms with E-state index >= 15 is 0 Å². The molecule has 0 unspecified atom stereocenters. The number of methoxy groups -OCH3 is 2. The quantitative estimate of drug-likeness (QED) is 0.744. The first-order valence-electron chi connectivity index (χ1n) is 8.60. The summed E-state index contributed by atoms with van der Waals surface area (Å²) in [6, 6.07) is 12.5. The van der Waals surface area contributed by atoms with Crippen LogP contribution in [-0.4, -0.2) is 62.0 Å². The summed E-state index contributed by atoms with van der Waals surface area (Å²) in [5, 5.41) is 0. The number of halogens is 1. The largest absolute Gasteiger partial charge is 0.496 e. The van der Waals surface area contributed by atoms with Crippen molar-refractivity contribution in [3.63, 3.8) is 0 Å². The molecule has 7 heteroatoms. The van der Waals surface area contributed by atoms with E-state index in [0.29, 0.717) is 48.8 Å². The first-order chi connectivity index (χ1) is 13.0. The van der Waals surface area contributed by atoms with E-state index in [1.165, 1.54) is 14.2 Å². The number of amides is 2. The fourth-order valence-electron chi connectivity index (χ4n) is 3.11. The highest BCUT2D eigenvalue weighted by atomic mass is 79.9. The minimum Gasteiger partial charge on any atom is -0.496 e. The minimum atomic E-state index is -0.153. The Morgan fingerprint density at radius 3 is 1.78 bits per heavy atom. The molecule has 2 aromatic carbocycles. The first-order valence-corrected chi connectivity index (χ1v) is 9.39. The number of piperazine rings is 1. The molecule has 3 rings (SSSR count). The summed E-state index contributed by atoms with van der Waals surface area (Å²) in [7, 11) is 3.06. The van der Waals surface area contributed by atoms with Gasteiger partial charge in [0.15, 0.2) is 0 Å². The molecule has 1 saturated heterocycles. The molecule has 142 valence electrons. The third-order valence-corrected chi connectivity index (χ3v) is 5.12. The van der Waals surface area contributed by atoms with Gasteiger partial charge in [-0.05, 0) is 36.4 Å². The normalized spacial score (nSPS) is 14.0. The van der Waals surface area contributed by atoms with E-state index in [-0.39, 0.29) is 11.8 Å². The molecule has 1 fully saturated rings. The van der Waals surface area contributed by atoms with Gasteiger partial charge in [-0.2, -0.15) is 0 Å². The van der Waals surface area contributed by atoms with Gasteiger partial charge in [-0.1, -0.05) is 22.0 Å². The van der Waals surface area contributed by atoms with Gasteiger partial charge >= 0.3 is 0 Å². The predicted octanol–water partition coefficient (Wildman–Crippen LogP) is 3.06. The van der Waals surface area contributed by atoms with E-state index in [2.05, 4.69) is 15.9 Å². The van der Waals surface area contributed by atoms with Crippen molar-refractivity contribution in [2.75, 3.05) is 40.4 Å². The number of carbonyl (C=O) groups is 2. The number of hydrogen-bond donors (Lipinski definition) is 0. The minimum absolute atomic E-state index is 0.0236. The summed E-state index contributed by atoms with van der Waals surface area (Å²) in [5.41, 5.74) is 1.06. The van der Waals surface area contributed by atoms with Gasteiger partial charge in [-0.3, -0.25) is 9.59 Å². The molecule has 0 atom stereocenters. The molecule has 2 amide bonds. The van der Waals surface area contributed by atoms with E-state index in [4.69, 9.17) is 9.47 Å². The van der Waals surface area contributed by atoms with Crippen LogP contribution in [0.15, 0.2) is 46.9 Å². The lowest BCUT2D eigenvalue weighted by atomic mass is 10.1. The SMILES string of the molecule is COc1cccc(OC)c1C(=O)N1CCN(C(=O)c2ccc(Br)cc2)CC1. The molecule has 0 aromatic heterocycles. The molecule has 0 radical (unpaired) electrons. The van der Waals surface area contributed by atoms with Crippen LogP contribution >= 0.6 is 15.9 Å². The Morgan fingerprint density at radius 1 is 0.815 bits per heavy atom. The van der Waals surface area contributed by atoms with Crippen LogP contribution in [0.2, 0.25) is 0 Å². The molecule has 2 aromatic rings. The molecule has 0 bridgehead atoms. The molecule has 6 nitrogen and oxygen atoms in total. The van der Waals surface area contributed by atoms with Crippen molar-refractivity contribution in [3.8, 4) is 11.5 Å². The molecular weight excluding hydrogens is 412 g/mol. The second-order valence-electron chi connectivity index (χ2n) is 6.13. The Morgan fingerprint density at radius 2 is 1.30 bits per heavy atom. The molecular formula is C20H21BrN2O4. The maximum absolute atomic E-state index is 13.0. The highest BCUT2D eigenvalue weighted by Crippen LogP contribution is 2.30. The Bertz CT molecular complexity index is 808. The van der Waals surface area contributed by atoms with Crippen molar-refractivity contribution < 1.29 is 19.1 Å². The van der Waals surface area contributed by atoms with Crippen molar-refractivity contribution in [2.24, 2.45) is 0 Å². The number of rotatable bonds is 4. The standard InChI is InChI=1S/C20H21BrN2O4/c1-26-16-4-3-5-17(27-2)18(16)20(25)23-12-10-22(11-13-23)19(24)14-6-8-15(21)9-7-14/h3-9H,10-13H2,1-2H3. The van der Waals surface area contributed by atoms with Gasteiger partial charge in [0.25, 0.3) is 11.8 Å². The van der Waals surface area contributed by atoms with E-state index < -0.39 is 0 Å². The number of hydrogen-bond acceptors (Lipinski definition) is 4. The van der Waals surface area contributed by atoms with E-state index in [9.17, 15) is 9.59 Å². The van der Waals surface area contributed by atoms with Gasteiger partial charge in [0.1, 0.15) is 17.1 Å². The van der Waals surface area contributed by atoms with Crippen LogP contribution in [0.3, 0.4) is 0 Å². The zero-order chi connectivity index (χ0) is 19.4. The van der Waals surface area contributed by atoms with Gasteiger partial charge in [-0.25, -0.2) is 0 Å². The van der Waals surface area contributed by atoms with E-state index in [1.54, 1.807) is 40.1 Å². The van der Waals surface area contributed by atoms with E-state index in [1.807, 2.05) is 12.1 Å². The maximum atomic E-state index is 13.0. The van der Waals surface area contributed by atoms with Crippen LogP contribution in [0.1, 0.15) is 20.7 Å². The van der Waals surface area contributed by atoms with Gasteiger partial charge in [0.2, 0.25) is 0 Å². The average molecular weight is 433 g/mol.